The van der Waals surface area contributed by atoms with Crippen molar-refractivity contribution in [3.63, 3.8) is 0 Å². The number of ether oxygens (including phenoxy) is 3. The number of hydrogen-bond acceptors (Lipinski definition) is 6. The second-order valence-corrected chi connectivity index (χ2v) is 19.3. The van der Waals surface area contributed by atoms with Crippen molar-refractivity contribution in [3.05, 3.63) is 54.4 Å². The maximum Gasteiger partial charge on any atom is 0.408 e. The van der Waals surface area contributed by atoms with E-state index in [0.29, 0.717) is 24.7 Å². The number of carbonyl (C=O) groups excluding carboxylic acids is 2. The predicted octanol–water partition coefficient (Wildman–Crippen LogP) is 7.03. The molecule has 0 bridgehead atoms. The lowest BCUT2D eigenvalue weighted by atomic mass is 9.95. The zero-order valence-electron chi connectivity index (χ0n) is 26.6. The highest BCUT2D eigenvalue weighted by Gasteiger charge is 2.27. The first-order valence-electron chi connectivity index (χ1n) is 15.4. The number of nitrogens with one attached hydrogen (secondary N) is 2. The van der Waals surface area contributed by atoms with Crippen LogP contribution in [0.15, 0.2) is 48.8 Å². The Balaban J connectivity index is 1.41. The Morgan fingerprint density at radius 2 is 1.77 bits per heavy atom. The van der Waals surface area contributed by atoms with E-state index in [9.17, 15) is 9.59 Å². The van der Waals surface area contributed by atoms with Crippen molar-refractivity contribution in [2.75, 3.05) is 6.61 Å². The highest BCUT2D eigenvalue weighted by molar-refractivity contribution is 6.76. The minimum Gasteiger partial charge on any atom is -0.457 e. The Kier molecular flexibility index (Phi) is 10.9. The molecule has 1 aliphatic carbocycles. The van der Waals surface area contributed by atoms with E-state index in [-0.39, 0.29) is 11.9 Å². The molecule has 4 rings (SSSR count). The van der Waals surface area contributed by atoms with Crippen LogP contribution in [-0.2, 0) is 27.4 Å². The molecule has 2 N–H and O–H groups in total. The fraction of sp³-hybridized carbons (Fsp3) is 0.545. The van der Waals surface area contributed by atoms with Crippen LogP contribution in [0.1, 0.15) is 58.4 Å². The number of hydrogen-bond donors (Lipinski definition) is 2. The highest BCUT2D eigenvalue weighted by atomic mass is 28.3. The molecule has 0 spiro atoms. The minimum atomic E-state index is -1.14. The van der Waals surface area contributed by atoms with Crippen LogP contribution in [0.25, 0.3) is 11.0 Å². The molecule has 9 nitrogen and oxygen atoms in total. The van der Waals surface area contributed by atoms with Gasteiger partial charge in [-0.1, -0.05) is 51.0 Å². The monoisotopic (exact) mass is 608 g/mol. The predicted molar refractivity (Wildman–Crippen MR) is 172 cm³/mol. The van der Waals surface area contributed by atoms with Crippen molar-refractivity contribution >= 4 is 31.1 Å². The molecule has 1 aliphatic rings. The zero-order chi connectivity index (χ0) is 31.0. The van der Waals surface area contributed by atoms with Gasteiger partial charge in [0, 0.05) is 39.5 Å². The third-order valence-electron chi connectivity index (χ3n) is 7.40. The van der Waals surface area contributed by atoms with E-state index in [2.05, 4.69) is 35.3 Å². The van der Waals surface area contributed by atoms with Crippen molar-refractivity contribution in [1.29, 1.82) is 0 Å². The fourth-order valence-corrected chi connectivity index (χ4v) is 5.82. The van der Waals surface area contributed by atoms with Crippen LogP contribution in [-0.4, -0.2) is 53.9 Å². The summed E-state index contributed by atoms with van der Waals surface area (Å²) in [4.78, 5) is 30.4. The van der Waals surface area contributed by atoms with Crippen molar-refractivity contribution in [2.24, 2.45) is 0 Å². The van der Waals surface area contributed by atoms with Crippen LogP contribution in [0.4, 0.5) is 4.79 Å². The van der Waals surface area contributed by atoms with Gasteiger partial charge in [0.05, 0.1) is 5.39 Å². The van der Waals surface area contributed by atoms with Gasteiger partial charge in [0.25, 0.3) is 0 Å². The van der Waals surface area contributed by atoms with Gasteiger partial charge in [-0.2, -0.15) is 0 Å². The standard InChI is InChI=1S/C33H48N4O5Si/c1-33(2,3)42-32(39)36-28(31(38)35-25-10-8-7-9-11-25)22-24-12-14-26(15-13-24)41-29-16-18-34-30-27(29)17-19-37(30)23-40-20-21-43(4,5)6/h12-19,25,28H,7-11,20-23H2,1-6H3,(H,35,38)(H,36,39)/t28-/m0/s1. The van der Waals surface area contributed by atoms with Gasteiger partial charge < -0.3 is 29.4 Å². The molecule has 1 saturated carbocycles. The largest absolute Gasteiger partial charge is 0.457 e. The van der Waals surface area contributed by atoms with Crippen LogP contribution in [0.3, 0.4) is 0 Å². The normalized spacial score (nSPS) is 15.2. The Labute approximate surface area is 256 Å². The van der Waals surface area contributed by atoms with Crippen molar-refractivity contribution < 1.29 is 23.8 Å². The number of pyridine rings is 1. The second kappa shape index (κ2) is 14.4. The molecule has 0 radical (unpaired) electrons. The van der Waals surface area contributed by atoms with Crippen molar-refractivity contribution in [2.45, 2.75) is 109 Å². The summed E-state index contributed by atoms with van der Waals surface area (Å²) < 4.78 is 19.6. The molecular formula is C33H48N4O5Si. The number of amides is 2. The molecule has 2 heterocycles. The summed E-state index contributed by atoms with van der Waals surface area (Å²) in [5.74, 6) is 1.18. The first-order chi connectivity index (χ1) is 20.4. The summed E-state index contributed by atoms with van der Waals surface area (Å²) in [5.41, 5.74) is 1.05. The van der Waals surface area contributed by atoms with Crippen LogP contribution in [0, 0.1) is 0 Å². The van der Waals surface area contributed by atoms with E-state index in [0.717, 1.165) is 54.9 Å². The highest BCUT2D eigenvalue weighted by Crippen LogP contribution is 2.30. The Bertz CT molecular complexity index is 1350. The third-order valence-corrected chi connectivity index (χ3v) is 9.10. The minimum absolute atomic E-state index is 0.142. The molecule has 2 amide bonds. The number of benzene rings is 1. The van der Waals surface area contributed by atoms with Crippen molar-refractivity contribution in [1.82, 2.24) is 20.2 Å². The lowest BCUT2D eigenvalue weighted by Crippen LogP contribution is -2.51. The summed E-state index contributed by atoms with van der Waals surface area (Å²) in [6.45, 7) is 13.6. The quantitative estimate of drug-likeness (QED) is 0.169. The average Bonchev–Trinajstić information content (AvgIpc) is 3.35. The van der Waals surface area contributed by atoms with Crippen LogP contribution in [0.2, 0.25) is 25.7 Å². The lowest BCUT2D eigenvalue weighted by Gasteiger charge is -2.27. The molecule has 1 atom stereocenters. The molecule has 43 heavy (non-hydrogen) atoms. The first kappa shape index (κ1) is 32.5. The van der Waals surface area contributed by atoms with Gasteiger partial charge in [-0.3, -0.25) is 4.79 Å². The summed E-state index contributed by atoms with van der Waals surface area (Å²) in [5, 5.41) is 6.84. The van der Waals surface area contributed by atoms with Crippen molar-refractivity contribution in [3.8, 4) is 11.5 Å². The molecule has 0 unspecified atom stereocenters. The van der Waals surface area contributed by atoms with Gasteiger partial charge in [0.15, 0.2) is 0 Å². The number of aromatic nitrogens is 2. The Morgan fingerprint density at radius 3 is 2.44 bits per heavy atom. The lowest BCUT2D eigenvalue weighted by molar-refractivity contribution is -0.124. The molecule has 0 saturated heterocycles. The molecule has 10 heteroatoms. The topological polar surface area (TPSA) is 104 Å². The van der Waals surface area contributed by atoms with Crippen LogP contribution < -0.4 is 15.4 Å². The molecule has 3 aromatic rings. The molecule has 1 fully saturated rings. The summed E-state index contributed by atoms with van der Waals surface area (Å²) in [6.07, 6.45) is 8.78. The molecule has 0 aliphatic heterocycles. The maximum absolute atomic E-state index is 13.3. The second-order valence-electron chi connectivity index (χ2n) is 13.7. The molecular weight excluding hydrogens is 560 g/mol. The number of carbonyl (C=O) groups is 2. The van der Waals surface area contributed by atoms with Gasteiger partial charge in [0.1, 0.15) is 35.5 Å². The molecule has 2 aromatic heterocycles. The van der Waals surface area contributed by atoms with Crippen LogP contribution >= 0.6 is 0 Å². The first-order valence-corrected chi connectivity index (χ1v) is 19.2. The summed E-state index contributed by atoms with van der Waals surface area (Å²) in [6, 6.07) is 11.9. The zero-order valence-corrected chi connectivity index (χ0v) is 27.6. The number of nitrogens with zero attached hydrogens (tertiary/aromatic N) is 2. The maximum atomic E-state index is 13.3. The average molecular weight is 609 g/mol. The van der Waals surface area contributed by atoms with Gasteiger partial charge in [-0.15, -0.1) is 0 Å². The van der Waals surface area contributed by atoms with E-state index in [1.165, 1.54) is 6.42 Å². The van der Waals surface area contributed by atoms with Gasteiger partial charge in [-0.05, 0) is 69.5 Å². The number of fused-ring (bicyclic) bond motifs is 1. The SMILES string of the molecule is CC(C)(C)OC(=O)N[C@@H](Cc1ccc(Oc2ccnc3c2ccn3COCC[Si](C)(C)C)cc1)C(=O)NC1CCCCC1. The summed E-state index contributed by atoms with van der Waals surface area (Å²) >= 11 is 0. The van der Waals surface area contributed by atoms with Crippen LogP contribution in [0.5, 0.6) is 11.5 Å². The van der Waals surface area contributed by atoms with E-state index >= 15 is 0 Å². The third kappa shape index (κ3) is 10.4. The van der Waals surface area contributed by atoms with Gasteiger partial charge in [0.2, 0.25) is 5.91 Å². The molecule has 1 aromatic carbocycles. The van der Waals surface area contributed by atoms with E-state index in [1.54, 1.807) is 27.0 Å². The van der Waals surface area contributed by atoms with Gasteiger partial charge in [-0.25, -0.2) is 9.78 Å². The van der Waals surface area contributed by atoms with E-state index in [1.807, 2.05) is 47.2 Å². The Hall–Kier alpha value is -3.37. The fourth-order valence-electron chi connectivity index (χ4n) is 5.06. The summed E-state index contributed by atoms with van der Waals surface area (Å²) in [7, 11) is -1.14. The van der Waals surface area contributed by atoms with E-state index < -0.39 is 25.8 Å². The smallest absolute Gasteiger partial charge is 0.408 e. The van der Waals surface area contributed by atoms with Gasteiger partial charge >= 0.3 is 6.09 Å². The number of alkyl carbamates (subject to hydrolysis) is 1. The number of rotatable bonds is 12. The van der Waals surface area contributed by atoms with E-state index in [4.69, 9.17) is 14.2 Å². The Morgan fingerprint density at radius 1 is 1.05 bits per heavy atom. The molecule has 234 valence electrons.